The van der Waals surface area contributed by atoms with Gasteiger partial charge in [0.1, 0.15) is 10.8 Å². The van der Waals surface area contributed by atoms with Crippen LogP contribution >= 0.6 is 11.6 Å². The molecule has 0 bridgehead atoms. The van der Waals surface area contributed by atoms with Crippen molar-refractivity contribution in [2.75, 3.05) is 5.32 Å². The van der Waals surface area contributed by atoms with Gasteiger partial charge >= 0.3 is 0 Å². The molecule has 0 saturated carbocycles. The number of aromatic nitrogens is 2. The van der Waals surface area contributed by atoms with E-state index in [-0.39, 0.29) is 11.6 Å². The number of nitrogens with one attached hydrogen (secondary N) is 1. The SMILES string of the molecule is Cc1cc(NC(=O)c2cc3ccccc3c(Cl)n2)ccn1. The van der Waals surface area contributed by atoms with Crippen LogP contribution in [0.15, 0.2) is 48.7 Å². The molecule has 0 aliphatic rings. The Bertz CT molecular complexity index is 833. The van der Waals surface area contributed by atoms with Gasteiger partial charge in [0.2, 0.25) is 0 Å². The van der Waals surface area contributed by atoms with Crippen LogP contribution in [0.5, 0.6) is 0 Å². The Labute approximate surface area is 126 Å². The van der Waals surface area contributed by atoms with Crippen LogP contribution in [0.4, 0.5) is 5.69 Å². The highest BCUT2D eigenvalue weighted by Gasteiger charge is 2.11. The largest absolute Gasteiger partial charge is 0.321 e. The predicted octanol–water partition coefficient (Wildman–Crippen LogP) is 3.84. The topological polar surface area (TPSA) is 54.9 Å². The molecule has 5 heteroatoms. The summed E-state index contributed by atoms with van der Waals surface area (Å²) in [6.07, 6.45) is 1.64. The van der Waals surface area contributed by atoms with Gasteiger partial charge in [-0.2, -0.15) is 0 Å². The molecule has 3 aromatic rings. The average molecular weight is 298 g/mol. The van der Waals surface area contributed by atoms with Crippen LogP contribution in [0.25, 0.3) is 10.8 Å². The summed E-state index contributed by atoms with van der Waals surface area (Å²) in [6.45, 7) is 1.86. The second-order valence-electron chi connectivity index (χ2n) is 4.66. The molecule has 1 amide bonds. The molecule has 0 radical (unpaired) electrons. The molecule has 2 heterocycles. The van der Waals surface area contributed by atoms with Crippen LogP contribution in [-0.2, 0) is 0 Å². The summed E-state index contributed by atoms with van der Waals surface area (Å²) in [5, 5.41) is 4.83. The Hall–Kier alpha value is -2.46. The molecule has 0 fully saturated rings. The van der Waals surface area contributed by atoms with E-state index >= 15 is 0 Å². The van der Waals surface area contributed by atoms with Crippen molar-refractivity contribution in [3.63, 3.8) is 0 Å². The summed E-state index contributed by atoms with van der Waals surface area (Å²) in [5.41, 5.74) is 1.80. The lowest BCUT2D eigenvalue weighted by molar-refractivity contribution is 0.102. The minimum Gasteiger partial charge on any atom is -0.321 e. The fraction of sp³-hybridized carbons (Fsp3) is 0.0625. The van der Waals surface area contributed by atoms with Gasteiger partial charge in [-0.05, 0) is 30.5 Å². The van der Waals surface area contributed by atoms with Gasteiger partial charge < -0.3 is 5.32 Å². The van der Waals surface area contributed by atoms with Gasteiger partial charge in [-0.1, -0.05) is 35.9 Å². The van der Waals surface area contributed by atoms with Crippen molar-refractivity contribution in [1.82, 2.24) is 9.97 Å². The summed E-state index contributed by atoms with van der Waals surface area (Å²) in [7, 11) is 0. The lowest BCUT2D eigenvalue weighted by atomic mass is 10.1. The fourth-order valence-electron chi connectivity index (χ4n) is 2.09. The van der Waals surface area contributed by atoms with Gasteiger partial charge in [0.05, 0.1) is 0 Å². The van der Waals surface area contributed by atoms with E-state index in [1.807, 2.05) is 31.2 Å². The molecule has 0 saturated heterocycles. The normalized spacial score (nSPS) is 10.6. The summed E-state index contributed by atoms with van der Waals surface area (Å²) in [6, 6.07) is 12.8. The van der Waals surface area contributed by atoms with Crippen molar-refractivity contribution < 1.29 is 4.79 Å². The average Bonchev–Trinajstić information content (AvgIpc) is 2.47. The molecule has 0 spiro atoms. The number of nitrogens with zero attached hydrogens (tertiary/aromatic N) is 2. The molecule has 2 aromatic heterocycles. The fourth-order valence-corrected chi connectivity index (χ4v) is 2.35. The zero-order valence-corrected chi connectivity index (χ0v) is 12.1. The highest BCUT2D eigenvalue weighted by Crippen LogP contribution is 2.22. The number of amides is 1. The summed E-state index contributed by atoms with van der Waals surface area (Å²) >= 11 is 6.13. The zero-order chi connectivity index (χ0) is 14.8. The highest BCUT2D eigenvalue weighted by molar-refractivity contribution is 6.34. The Kier molecular flexibility index (Phi) is 3.54. The summed E-state index contributed by atoms with van der Waals surface area (Å²) < 4.78 is 0. The molecular formula is C16H12ClN3O. The highest BCUT2D eigenvalue weighted by atomic mass is 35.5. The Morgan fingerprint density at radius 2 is 2.00 bits per heavy atom. The number of aryl methyl sites for hydroxylation is 1. The third-order valence-electron chi connectivity index (χ3n) is 3.08. The molecule has 104 valence electrons. The van der Waals surface area contributed by atoms with Crippen molar-refractivity contribution in [3.8, 4) is 0 Å². The molecule has 1 N–H and O–H groups in total. The number of carbonyl (C=O) groups is 1. The summed E-state index contributed by atoms with van der Waals surface area (Å²) in [5.74, 6) is -0.298. The first-order chi connectivity index (χ1) is 10.1. The molecule has 21 heavy (non-hydrogen) atoms. The monoisotopic (exact) mass is 297 g/mol. The van der Waals surface area contributed by atoms with Crippen molar-refractivity contribution in [3.05, 3.63) is 65.2 Å². The lowest BCUT2D eigenvalue weighted by Crippen LogP contribution is -2.14. The second kappa shape index (κ2) is 5.50. The van der Waals surface area contributed by atoms with Gasteiger partial charge in [0.15, 0.2) is 0 Å². The maximum Gasteiger partial charge on any atom is 0.274 e. The molecule has 1 aromatic carbocycles. The first-order valence-electron chi connectivity index (χ1n) is 6.43. The Morgan fingerprint density at radius 1 is 1.19 bits per heavy atom. The third-order valence-corrected chi connectivity index (χ3v) is 3.37. The minimum absolute atomic E-state index is 0.285. The Balaban J connectivity index is 1.94. The van der Waals surface area contributed by atoms with Crippen molar-refractivity contribution in [2.45, 2.75) is 6.92 Å². The molecule has 0 atom stereocenters. The number of halogens is 1. The van der Waals surface area contributed by atoms with Gasteiger partial charge in [0.25, 0.3) is 5.91 Å². The standard InChI is InChI=1S/C16H12ClN3O/c1-10-8-12(6-7-18-10)19-16(21)14-9-11-4-2-3-5-13(11)15(17)20-14/h2-9H,1H3,(H,18,19,21). The number of benzene rings is 1. The van der Waals surface area contributed by atoms with E-state index in [1.165, 1.54) is 0 Å². The molecule has 4 nitrogen and oxygen atoms in total. The van der Waals surface area contributed by atoms with E-state index in [0.29, 0.717) is 10.8 Å². The van der Waals surface area contributed by atoms with Crippen LogP contribution in [0.2, 0.25) is 5.15 Å². The first kappa shape index (κ1) is 13.5. The van der Waals surface area contributed by atoms with Crippen LogP contribution in [-0.4, -0.2) is 15.9 Å². The quantitative estimate of drug-likeness (QED) is 0.731. The number of hydrogen-bond donors (Lipinski definition) is 1. The first-order valence-corrected chi connectivity index (χ1v) is 6.80. The van der Waals surface area contributed by atoms with E-state index in [9.17, 15) is 4.79 Å². The molecular weight excluding hydrogens is 286 g/mol. The maximum absolute atomic E-state index is 12.3. The predicted molar refractivity (Wildman–Crippen MR) is 83.7 cm³/mol. The molecule has 0 aliphatic carbocycles. The van der Waals surface area contributed by atoms with Gasteiger partial charge in [-0.25, -0.2) is 4.98 Å². The number of hydrogen-bond acceptors (Lipinski definition) is 3. The maximum atomic E-state index is 12.3. The van der Waals surface area contributed by atoms with Crippen LogP contribution in [0.3, 0.4) is 0 Å². The van der Waals surface area contributed by atoms with Gasteiger partial charge in [0, 0.05) is 23.0 Å². The number of anilines is 1. The number of rotatable bonds is 2. The van der Waals surface area contributed by atoms with E-state index < -0.39 is 0 Å². The van der Waals surface area contributed by atoms with Crippen LogP contribution < -0.4 is 5.32 Å². The number of carbonyl (C=O) groups excluding carboxylic acids is 1. The van der Waals surface area contributed by atoms with Gasteiger partial charge in [-0.3, -0.25) is 9.78 Å². The van der Waals surface area contributed by atoms with Gasteiger partial charge in [-0.15, -0.1) is 0 Å². The van der Waals surface area contributed by atoms with E-state index in [4.69, 9.17) is 11.6 Å². The van der Waals surface area contributed by atoms with Crippen LogP contribution in [0.1, 0.15) is 16.2 Å². The van der Waals surface area contributed by atoms with Crippen molar-refractivity contribution in [2.24, 2.45) is 0 Å². The Morgan fingerprint density at radius 3 is 2.81 bits per heavy atom. The molecule has 0 aliphatic heterocycles. The second-order valence-corrected chi connectivity index (χ2v) is 5.02. The van der Waals surface area contributed by atoms with E-state index in [1.54, 1.807) is 24.4 Å². The third kappa shape index (κ3) is 2.85. The number of pyridine rings is 2. The lowest BCUT2D eigenvalue weighted by Gasteiger charge is -2.07. The van der Waals surface area contributed by atoms with E-state index in [0.717, 1.165) is 16.5 Å². The van der Waals surface area contributed by atoms with Crippen molar-refractivity contribution >= 4 is 34.0 Å². The van der Waals surface area contributed by atoms with Crippen molar-refractivity contribution in [1.29, 1.82) is 0 Å². The minimum atomic E-state index is -0.298. The molecule has 3 rings (SSSR count). The smallest absolute Gasteiger partial charge is 0.274 e. The molecule has 0 unspecified atom stereocenters. The number of fused-ring (bicyclic) bond motifs is 1. The van der Waals surface area contributed by atoms with E-state index in [2.05, 4.69) is 15.3 Å². The zero-order valence-electron chi connectivity index (χ0n) is 11.3. The van der Waals surface area contributed by atoms with Crippen LogP contribution in [0, 0.1) is 6.92 Å². The summed E-state index contributed by atoms with van der Waals surface area (Å²) in [4.78, 5) is 20.5.